The molecule has 0 bridgehead atoms. The second-order valence-corrected chi connectivity index (χ2v) is 7.07. The Bertz CT molecular complexity index is 1220. The summed E-state index contributed by atoms with van der Waals surface area (Å²) in [4.78, 5) is 30.9. The van der Waals surface area contributed by atoms with Crippen LogP contribution in [0.25, 0.3) is 0 Å². The number of anilines is 2. The quantitative estimate of drug-likeness (QED) is 0.128. The molecule has 2 amide bonds. The van der Waals surface area contributed by atoms with Crippen LogP contribution in [0.1, 0.15) is 0 Å². The van der Waals surface area contributed by atoms with Crippen molar-refractivity contribution >= 4 is 33.1 Å². The van der Waals surface area contributed by atoms with Gasteiger partial charge in [0, 0.05) is 6.07 Å². The molecular weight excluding hydrogens is 467 g/mol. The predicted molar refractivity (Wildman–Crippen MR) is 86.2 cm³/mol. The number of sulfonamides is 1. The SMILES string of the molecule is O=C(Nc1cc(S(=O)(=O)[N+](=O)O)cc([N+](=O)[O-])c1O)Nc1c(F)c(F)c(F)c(F)c1F. The van der Waals surface area contributed by atoms with Gasteiger partial charge in [-0.2, -0.15) is 8.42 Å². The van der Waals surface area contributed by atoms with Crippen molar-refractivity contribution in [2.45, 2.75) is 4.90 Å². The van der Waals surface area contributed by atoms with Crippen LogP contribution in [-0.2, 0) is 10.0 Å². The van der Waals surface area contributed by atoms with Gasteiger partial charge >= 0.3 is 26.1 Å². The zero-order chi connectivity index (χ0) is 23.8. The van der Waals surface area contributed by atoms with Gasteiger partial charge in [-0.25, -0.2) is 32.0 Å². The maximum atomic E-state index is 13.6. The Balaban J connectivity index is 2.52. The molecular formula is C13H6F5N4O8S+. The summed E-state index contributed by atoms with van der Waals surface area (Å²) in [5.41, 5.74) is -4.40. The van der Waals surface area contributed by atoms with E-state index in [0.717, 1.165) is 0 Å². The number of nitrogens with one attached hydrogen (secondary N) is 2. The highest BCUT2D eigenvalue weighted by atomic mass is 32.2. The van der Waals surface area contributed by atoms with Crippen molar-refractivity contribution in [2.75, 3.05) is 10.6 Å². The van der Waals surface area contributed by atoms with Gasteiger partial charge in [-0.1, -0.05) is 0 Å². The number of nitro groups is 1. The molecule has 12 nitrogen and oxygen atoms in total. The first-order valence-corrected chi connectivity index (χ1v) is 8.66. The fraction of sp³-hybridized carbons (Fsp3) is 0. The van der Waals surface area contributed by atoms with Crippen molar-refractivity contribution < 1.29 is 54.7 Å². The molecule has 4 N–H and O–H groups in total. The highest BCUT2D eigenvalue weighted by molar-refractivity contribution is 7.85. The first-order chi connectivity index (χ1) is 14.2. The molecule has 0 aliphatic rings. The molecule has 0 atom stereocenters. The van der Waals surface area contributed by atoms with Gasteiger partial charge in [-0.3, -0.25) is 10.1 Å². The number of carbonyl (C=O) groups is 1. The number of hydrogen-bond acceptors (Lipinski definition) is 7. The van der Waals surface area contributed by atoms with Crippen molar-refractivity contribution in [3.05, 3.63) is 56.2 Å². The average Bonchev–Trinajstić information content (AvgIpc) is 2.69. The Morgan fingerprint density at radius 1 is 0.935 bits per heavy atom. The van der Waals surface area contributed by atoms with Gasteiger partial charge in [-0.15, -0.1) is 0 Å². The molecule has 0 aliphatic carbocycles. The fourth-order valence-corrected chi connectivity index (χ4v) is 2.76. The van der Waals surface area contributed by atoms with Crippen LogP contribution in [0.2, 0.25) is 0 Å². The van der Waals surface area contributed by atoms with Crippen LogP contribution in [0.5, 0.6) is 5.75 Å². The molecule has 0 saturated carbocycles. The fourth-order valence-electron chi connectivity index (χ4n) is 2.05. The first-order valence-electron chi connectivity index (χ1n) is 7.22. The topological polar surface area (TPSA) is 179 Å². The minimum atomic E-state index is -5.31. The van der Waals surface area contributed by atoms with Gasteiger partial charge in [0.15, 0.2) is 28.2 Å². The number of aromatic hydroxyl groups is 1. The summed E-state index contributed by atoms with van der Waals surface area (Å²) in [6.07, 6.45) is 0. The number of rotatable bonds is 5. The molecule has 18 heteroatoms. The lowest BCUT2D eigenvalue weighted by molar-refractivity contribution is -0.673. The zero-order valence-corrected chi connectivity index (χ0v) is 15.0. The van der Waals surface area contributed by atoms with Crippen LogP contribution in [0.15, 0.2) is 17.0 Å². The molecule has 0 aliphatic heterocycles. The van der Waals surface area contributed by atoms with Crippen molar-refractivity contribution in [3.8, 4) is 5.75 Å². The number of urea groups is 1. The lowest BCUT2D eigenvalue weighted by Crippen LogP contribution is -2.23. The minimum Gasteiger partial charge on any atom is -0.501 e. The van der Waals surface area contributed by atoms with Gasteiger partial charge in [0.25, 0.3) is 0 Å². The molecule has 0 unspecified atom stereocenters. The van der Waals surface area contributed by atoms with Crippen LogP contribution in [-0.4, -0.2) is 34.0 Å². The van der Waals surface area contributed by atoms with E-state index in [0.29, 0.717) is 0 Å². The zero-order valence-electron chi connectivity index (χ0n) is 14.2. The number of phenolic OH excluding ortho intramolecular Hbond substituents is 1. The molecule has 0 fully saturated rings. The van der Waals surface area contributed by atoms with Crippen LogP contribution < -0.4 is 10.6 Å². The van der Waals surface area contributed by atoms with Crippen molar-refractivity contribution in [1.82, 2.24) is 0 Å². The third-order valence-electron chi connectivity index (χ3n) is 3.46. The highest BCUT2D eigenvalue weighted by Gasteiger charge is 2.37. The molecule has 2 rings (SSSR count). The molecule has 0 radical (unpaired) electrons. The van der Waals surface area contributed by atoms with E-state index in [2.05, 4.69) is 0 Å². The third kappa shape index (κ3) is 4.13. The minimum absolute atomic E-state index is 0.124. The summed E-state index contributed by atoms with van der Waals surface area (Å²) < 4.78 is 88.3. The van der Waals surface area contributed by atoms with E-state index in [4.69, 9.17) is 5.21 Å². The molecule has 2 aromatic carbocycles. The maximum Gasteiger partial charge on any atom is 0.489 e. The number of halogens is 5. The van der Waals surface area contributed by atoms with Gasteiger partial charge < -0.3 is 15.7 Å². The van der Waals surface area contributed by atoms with E-state index in [-0.39, 0.29) is 12.1 Å². The van der Waals surface area contributed by atoms with E-state index in [1.165, 1.54) is 10.6 Å². The van der Waals surface area contributed by atoms with Gasteiger partial charge in [0.05, 0.1) is 15.5 Å². The number of hydrogen-bond donors (Lipinski definition) is 4. The summed E-state index contributed by atoms with van der Waals surface area (Å²) in [5, 5.41) is 32.0. The van der Waals surface area contributed by atoms with Crippen molar-refractivity contribution in [2.24, 2.45) is 0 Å². The summed E-state index contributed by atoms with van der Waals surface area (Å²) >= 11 is 0. The van der Waals surface area contributed by atoms with Gasteiger partial charge in [-0.05, 0) is 6.07 Å². The first kappa shape index (κ1) is 23.2. The summed E-state index contributed by atoms with van der Waals surface area (Å²) in [5.74, 6) is -13.7. The summed E-state index contributed by atoms with van der Waals surface area (Å²) in [6.45, 7) is 0. The van der Waals surface area contributed by atoms with Crippen LogP contribution in [0, 0.1) is 44.1 Å². The maximum absolute atomic E-state index is 13.6. The second kappa shape index (κ2) is 7.97. The van der Waals surface area contributed by atoms with Crippen LogP contribution >= 0.6 is 0 Å². The van der Waals surface area contributed by atoms with Gasteiger partial charge in [0.2, 0.25) is 11.6 Å². The monoisotopic (exact) mass is 473 g/mol. The molecule has 2 aromatic rings. The number of nitro benzene ring substituents is 1. The number of benzene rings is 2. The van der Waals surface area contributed by atoms with E-state index < -0.39 is 82.1 Å². The molecule has 166 valence electrons. The Kier molecular flexibility index (Phi) is 5.96. The van der Waals surface area contributed by atoms with E-state index in [1.54, 1.807) is 0 Å². The van der Waals surface area contributed by atoms with Crippen LogP contribution in [0.3, 0.4) is 0 Å². The number of phenols is 1. The molecule has 0 heterocycles. The van der Waals surface area contributed by atoms with Crippen molar-refractivity contribution in [1.29, 1.82) is 0 Å². The lowest BCUT2D eigenvalue weighted by atomic mass is 10.2. The van der Waals surface area contributed by atoms with Crippen LogP contribution in [0.4, 0.5) is 43.8 Å². The molecule has 0 aromatic heterocycles. The Labute approximate surface area is 166 Å². The largest absolute Gasteiger partial charge is 0.501 e. The normalized spacial score (nSPS) is 11.1. The summed E-state index contributed by atoms with van der Waals surface area (Å²) in [7, 11) is -5.31. The van der Waals surface area contributed by atoms with E-state index in [9.17, 15) is 55.3 Å². The highest BCUT2D eigenvalue weighted by Crippen LogP contribution is 2.37. The number of nitrogens with zero attached hydrogens (tertiary/aromatic N) is 2. The van der Waals surface area contributed by atoms with E-state index in [1.807, 2.05) is 0 Å². The molecule has 31 heavy (non-hydrogen) atoms. The second-order valence-electron chi connectivity index (χ2n) is 5.33. The van der Waals surface area contributed by atoms with E-state index >= 15 is 0 Å². The molecule has 0 spiro atoms. The Morgan fingerprint density at radius 3 is 1.87 bits per heavy atom. The molecule has 0 saturated heterocycles. The third-order valence-corrected chi connectivity index (χ3v) is 4.70. The standard InChI is InChI=1S/C13H5F5N4O8S/c14-6-7(15)9(17)11(10(18)8(6)16)20-13(24)19-4-1-3(31(29,30)22(27)28)2-5(12(4)23)21(25)26/h1-2H,(H3-,19,20,23,24,27,28)/p+1. The summed E-state index contributed by atoms with van der Waals surface area (Å²) in [6, 6.07) is -1.51. The van der Waals surface area contributed by atoms with Crippen molar-refractivity contribution in [3.63, 3.8) is 0 Å². The number of amides is 2. The average molecular weight is 473 g/mol. The Morgan fingerprint density at radius 2 is 1.42 bits per heavy atom. The predicted octanol–water partition coefficient (Wildman–Crippen LogP) is 2.50. The van der Waals surface area contributed by atoms with Gasteiger partial charge in [0.1, 0.15) is 5.69 Å². The smallest absolute Gasteiger partial charge is 0.489 e. The number of carbonyl (C=O) groups excluding carboxylic acids is 1. The Hall–Kier alpha value is -4.09. The lowest BCUT2D eigenvalue weighted by Gasteiger charge is -2.12.